The second-order valence-electron chi connectivity index (χ2n) is 4.17. The number of hydrazone groups is 1. The third-order valence-corrected chi connectivity index (χ3v) is 3.87. The fourth-order valence-electron chi connectivity index (χ4n) is 1.58. The minimum atomic E-state index is -4.03. The van der Waals surface area contributed by atoms with E-state index in [4.69, 9.17) is 0 Å². The first-order valence-corrected chi connectivity index (χ1v) is 7.46. The van der Waals surface area contributed by atoms with Crippen LogP contribution >= 0.6 is 0 Å². The average Bonchev–Trinajstić information content (AvgIpc) is 2.49. The molecule has 0 saturated carbocycles. The first kappa shape index (κ1) is 15.4. The lowest BCUT2D eigenvalue weighted by atomic mass is 10.2. The average molecular weight is 321 g/mol. The molecule has 0 unspecified atom stereocenters. The molecule has 22 heavy (non-hydrogen) atoms. The molecule has 2 rings (SSSR count). The summed E-state index contributed by atoms with van der Waals surface area (Å²) >= 11 is 0. The summed E-state index contributed by atoms with van der Waals surface area (Å²) in [7, 11) is -4.03. The number of nitro benzene ring substituents is 1. The molecule has 0 aromatic heterocycles. The maximum Gasteiger partial charge on any atom is 0.276 e. The number of non-ortho nitro benzene ring substituents is 1. The van der Waals surface area contributed by atoms with Gasteiger partial charge in [0, 0.05) is 17.7 Å². The Morgan fingerprint density at radius 3 is 2.59 bits per heavy atom. The summed E-state index contributed by atoms with van der Waals surface area (Å²) in [5.41, 5.74) is -0.0169. The van der Waals surface area contributed by atoms with Gasteiger partial charge in [-0.25, -0.2) is 4.83 Å². The van der Waals surface area contributed by atoms with Crippen molar-refractivity contribution in [2.75, 3.05) is 0 Å². The van der Waals surface area contributed by atoms with Gasteiger partial charge in [0.25, 0.3) is 15.7 Å². The van der Waals surface area contributed by atoms with Crippen LogP contribution in [0.15, 0.2) is 58.5 Å². The highest BCUT2D eigenvalue weighted by Crippen LogP contribution is 2.17. The quantitative estimate of drug-likeness (QED) is 0.492. The van der Waals surface area contributed by atoms with E-state index in [9.17, 15) is 23.6 Å². The summed E-state index contributed by atoms with van der Waals surface area (Å²) in [6.45, 7) is 0. The fraction of sp³-hybridized carbons (Fsp3) is 0. The van der Waals surface area contributed by atoms with Crippen LogP contribution in [0.25, 0.3) is 0 Å². The molecule has 0 saturated heterocycles. The molecule has 2 N–H and O–H groups in total. The van der Waals surface area contributed by atoms with Gasteiger partial charge in [0.15, 0.2) is 0 Å². The van der Waals surface area contributed by atoms with Crippen LogP contribution in [0.2, 0.25) is 0 Å². The van der Waals surface area contributed by atoms with Gasteiger partial charge in [0.2, 0.25) is 0 Å². The van der Waals surface area contributed by atoms with Crippen molar-refractivity contribution in [1.29, 1.82) is 0 Å². The summed E-state index contributed by atoms with van der Waals surface area (Å²) in [6, 6.07) is 10.8. The van der Waals surface area contributed by atoms with Crippen LogP contribution in [-0.4, -0.2) is 24.7 Å². The Morgan fingerprint density at radius 2 is 1.91 bits per heavy atom. The summed E-state index contributed by atoms with van der Waals surface area (Å²) in [5.74, 6) is -0.0548. The number of sulfonamides is 1. The van der Waals surface area contributed by atoms with Gasteiger partial charge in [-0.2, -0.15) is 13.5 Å². The second kappa shape index (κ2) is 6.22. The Kier molecular flexibility index (Phi) is 4.37. The van der Waals surface area contributed by atoms with Crippen molar-refractivity contribution in [3.63, 3.8) is 0 Å². The van der Waals surface area contributed by atoms with Crippen molar-refractivity contribution in [3.8, 4) is 5.75 Å². The lowest BCUT2D eigenvalue weighted by Gasteiger charge is -2.03. The van der Waals surface area contributed by atoms with Crippen LogP contribution in [0.4, 0.5) is 5.69 Å². The number of hydrogen-bond acceptors (Lipinski definition) is 6. The zero-order valence-electron chi connectivity index (χ0n) is 11.1. The molecule has 0 atom stereocenters. The van der Waals surface area contributed by atoms with E-state index in [0.29, 0.717) is 5.56 Å². The minimum absolute atomic E-state index is 0.0548. The molecule has 0 radical (unpaired) electrons. The van der Waals surface area contributed by atoms with Gasteiger partial charge in [-0.15, -0.1) is 0 Å². The summed E-state index contributed by atoms with van der Waals surface area (Å²) in [4.78, 5) is 11.6. The number of nitro groups is 1. The number of phenolic OH excluding ortho intramolecular Hbond substituents is 1. The van der Waals surface area contributed by atoms with Crippen LogP contribution in [0.1, 0.15) is 5.56 Å². The molecule has 2 aromatic carbocycles. The standard InChI is InChI=1S/C13H11N3O5S/c17-13-7-2-1-4-10(13)9-14-15-22(20,21)12-6-3-5-11(8-12)16(18)19/h1-9,15,17H/b14-9+. The summed E-state index contributed by atoms with van der Waals surface area (Å²) < 4.78 is 23.9. The van der Waals surface area contributed by atoms with Crippen molar-refractivity contribution in [1.82, 2.24) is 4.83 Å². The smallest absolute Gasteiger partial charge is 0.276 e. The highest BCUT2D eigenvalue weighted by atomic mass is 32.2. The Hall–Kier alpha value is -2.94. The van der Waals surface area contributed by atoms with Gasteiger partial charge >= 0.3 is 0 Å². The van der Waals surface area contributed by atoms with Crippen LogP contribution < -0.4 is 4.83 Å². The number of nitrogens with zero attached hydrogens (tertiary/aromatic N) is 2. The predicted octanol–water partition coefficient (Wildman–Crippen LogP) is 1.61. The number of rotatable bonds is 5. The predicted molar refractivity (Wildman–Crippen MR) is 79.1 cm³/mol. The lowest BCUT2D eigenvalue weighted by molar-refractivity contribution is -0.385. The SMILES string of the molecule is O=[N+]([O-])c1cccc(S(=O)(=O)N/N=C/c2ccccc2O)c1. The number of benzene rings is 2. The third kappa shape index (κ3) is 3.58. The van der Waals surface area contributed by atoms with E-state index >= 15 is 0 Å². The Labute approximate surface area is 125 Å². The van der Waals surface area contributed by atoms with Crippen LogP contribution in [0, 0.1) is 10.1 Å². The largest absolute Gasteiger partial charge is 0.507 e. The van der Waals surface area contributed by atoms with Gasteiger partial charge in [0.05, 0.1) is 16.0 Å². The number of phenols is 1. The third-order valence-electron chi connectivity index (χ3n) is 2.65. The highest BCUT2D eigenvalue weighted by Gasteiger charge is 2.16. The highest BCUT2D eigenvalue weighted by molar-refractivity contribution is 7.89. The molecular weight excluding hydrogens is 310 g/mol. The van der Waals surface area contributed by atoms with E-state index in [1.54, 1.807) is 18.2 Å². The first-order chi connectivity index (χ1) is 10.4. The van der Waals surface area contributed by atoms with Gasteiger partial charge in [-0.1, -0.05) is 18.2 Å². The molecule has 114 valence electrons. The molecule has 0 bridgehead atoms. The number of para-hydroxylation sites is 1. The number of hydrogen-bond donors (Lipinski definition) is 2. The summed E-state index contributed by atoms with van der Waals surface area (Å²) in [5, 5.41) is 23.7. The van der Waals surface area contributed by atoms with Crippen molar-refractivity contribution in [2.24, 2.45) is 5.10 Å². The van der Waals surface area contributed by atoms with Gasteiger partial charge in [0.1, 0.15) is 5.75 Å². The van der Waals surface area contributed by atoms with E-state index in [2.05, 4.69) is 5.10 Å². The maximum atomic E-state index is 12.0. The molecular formula is C13H11N3O5S. The number of nitrogens with one attached hydrogen (secondary N) is 1. The molecule has 0 heterocycles. The van der Waals surface area contributed by atoms with Crippen LogP contribution in [-0.2, 0) is 10.0 Å². The topological polar surface area (TPSA) is 122 Å². The maximum absolute atomic E-state index is 12.0. The molecule has 0 aliphatic rings. The molecule has 0 aliphatic carbocycles. The fourth-order valence-corrected chi connectivity index (χ4v) is 2.41. The lowest BCUT2D eigenvalue weighted by Crippen LogP contribution is -2.18. The Bertz CT molecular complexity index is 833. The van der Waals surface area contributed by atoms with Gasteiger partial charge in [-0.3, -0.25) is 10.1 Å². The van der Waals surface area contributed by atoms with E-state index < -0.39 is 14.9 Å². The summed E-state index contributed by atoms with van der Waals surface area (Å²) in [6.07, 6.45) is 1.13. The van der Waals surface area contributed by atoms with Crippen LogP contribution in [0.3, 0.4) is 0 Å². The molecule has 8 nitrogen and oxygen atoms in total. The monoisotopic (exact) mass is 321 g/mol. The molecule has 0 spiro atoms. The van der Waals surface area contributed by atoms with E-state index in [-0.39, 0.29) is 16.3 Å². The zero-order valence-corrected chi connectivity index (χ0v) is 11.9. The molecule has 0 amide bonds. The normalized spacial score (nSPS) is 11.5. The van der Waals surface area contributed by atoms with Crippen molar-refractivity contribution in [2.45, 2.75) is 4.90 Å². The number of aromatic hydroxyl groups is 1. The Morgan fingerprint density at radius 1 is 1.18 bits per heavy atom. The van der Waals surface area contributed by atoms with E-state index in [1.165, 1.54) is 24.3 Å². The van der Waals surface area contributed by atoms with Crippen molar-refractivity contribution >= 4 is 21.9 Å². The van der Waals surface area contributed by atoms with Gasteiger partial charge in [-0.05, 0) is 18.2 Å². The van der Waals surface area contributed by atoms with E-state index in [1.807, 2.05) is 4.83 Å². The molecule has 9 heteroatoms. The molecule has 2 aromatic rings. The Balaban J connectivity index is 2.20. The van der Waals surface area contributed by atoms with Gasteiger partial charge < -0.3 is 5.11 Å². The minimum Gasteiger partial charge on any atom is -0.507 e. The molecule has 0 fully saturated rings. The van der Waals surface area contributed by atoms with Crippen molar-refractivity contribution < 1.29 is 18.4 Å². The zero-order chi connectivity index (χ0) is 16.2. The van der Waals surface area contributed by atoms with Crippen LogP contribution in [0.5, 0.6) is 5.75 Å². The first-order valence-electron chi connectivity index (χ1n) is 5.97. The molecule has 0 aliphatic heterocycles. The second-order valence-corrected chi connectivity index (χ2v) is 5.83. The van der Waals surface area contributed by atoms with Crippen molar-refractivity contribution in [3.05, 3.63) is 64.2 Å². The van der Waals surface area contributed by atoms with E-state index in [0.717, 1.165) is 12.3 Å².